The Labute approximate surface area is 320 Å². The molecule has 0 aliphatic heterocycles. The van der Waals surface area contributed by atoms with Gasteiger partial charge >= 0.3 is 322 Å². The third-order valence-electron chi connectivity index (χ3n) is 10.4. The molecule has 0 unspecified atom stereocenters. The molecule has 0 saturated carbocycles. The zero-order valence-corrected chi connectivity index (χ0v) is 32.2. The van der Waals surface area contributed by atoms with Gasteiger partial charge in [-0.15, -0.1) is 0 Å². The molecule has 0 fully saturated rings. The van der Waals surface area contributed by atoms with E-state index in [0.717, 1.165) is 38.1 Å². The van der Waals surface area contributed by atoms with Crippen molar-refractivity contribution in [3.63, 3.8) is 0 Å². The summed E-state index contributed by atoms with van der Waals surface area (Å²) in [7, 11) is 1.78. The van der Waals surface area contributed by atoms with Crippen molar-refractivity contribution in [2.24, 2.45) is 0 Å². The maximum absolute atomic E-state index is 6.21. The quantitative estimate of drug-likeness (QED) is 0.106. The first-order valence-electron chi connectivity index (χ1n) is 18.2. The van der Waals surface area contributed by atoms with Crippen molar-refractivity contribution >= 4 is 21.1 Å². The van der Waals surface area contributed by atoms with Crippen LogP contribution in [0.4, 0.5) is 0 Å². The Kier molecular flexibility index (Phi) is 9.58. The summed E-state index contributed by atoms with van der Waals surface area (Å²) in [6, 6.07) is 59.1. The third-order valence-corrected chi connectivity index (χ3v) is 11.2. The Hall–Kier alpha value is -5.67. The number of aromatic nitrogens is 2. The molecule has 8 aromatic rings. The van der Waals surface area contributed by atoms with Crippen LogP contribution in [-0.2, 0) is 0 Å². The van der Waals surface area contributed by atoms with Crippen LogP contribution in [-0.4, -0.2) is 31.7 Å². The molecular formula is C49H42N2OSe. The van der Waals surface area contributed by atoms with E-state index in [2.05, 4.69) is 215 Å². The van der Waals surface area contributed by atoms with Gasteiger partial charge in [-0.1, -0.05) is 0 Å². The zero-order valence-electron chi connectivity index (χ0n) is 30.5. The molecule has 0 saturated heterocycles. The minimum absolute atomic E-state index is 0.0792. The fourth-order valence-electron chi connectivity index (χ4n) is 8.25. The Bertz CT molecular complexity index is 2380. The number of benzene rings is 6. The SMILES string of the molecule is COc1cc(C(c2ccccc2)c2ccccc2)c(-n2cc3cccc(-c4c(C)cc(C)cc4C)n3c2=[Se])c(C(c2ccccc2)c2ccccc2)c1. The molecule has 0 aliphatic carbocycles. The molecule has 2 aromatic heterocycles. The molecule has 2 heterocycles. The van der Waals surface area contributed by atoms with Gasteiger partial charge in [0.15, 0.2) is 0 Å². The second-order valence-electron chi connectivity index (χ2n) is 13.9. The van der Waals surface area contributed by atoms with E-state index in [9.17, 15) is 0 Å². The fraction of sp³-hybridized carbons (Fsp3) is 0.122. The van der Waals surface area contributed by atoms with Crippen LogP contribution in [0.25, 0.3) is 22.5 Å². The number of hydrogen-bond acceptors (Lipinski definition) is 1. The number of imidazole rings is 1. The minimum atomic E-state index is -0.0792. The molecule has 260 valence electrons. The van der Waals surface area contributed by atoms with Crippen molar-refractivity contribution in [2.75, 3.05) is 7.11 Å². The van der Waals surface area contributed by atoms with Gasteiger partial charge in [0.05, 0.1) is 0 Å². The van der Waals surface area contributed by atoms with Gasteiger partial charge in [0.2, 0.25) is 0 Å². The standard InChI is InChI=1S/C49H42N2OSe/c1-33-28-34(2)45(35(3)29-33)44-27-17-26-40-32-50(49(53)51(40)44)48-42(46(36-18-9-5-10-19-36)37-20-11-6-12-21-37)30-41(52-4)31-43(48)47(38-22-13-7-14-23-38)39-24-15-8-16-25-39/h5-32,46-47H,1-4H3. The van der Waals surface area contributed by atoms with E-state index < -0.39 is 0 Å². The van der Waals surface area contributed by atoms with Gasteiger partial charge in [-0.25, -0.2) is 0 Å². The first kappa shape index (κ1) is 34.4. The first-order chi connectivity index (χ1) is 25.9. The number of ether oxygens (including phenoxy) is 1. The van der Waals surface area contributed by atoms with Crippen LogP contribution in [0.15, 0.2) is 170 Å². The van der Waals surface area contributed by atoms with Crippen molar-refractivity contribution in [3.05, 3.63) is 224 Å². The number of aryl methyl sites for hydroxylation is 3. The van der Waals surface area contributed by atoms with Crippen LogP contribution in [0.1, 0.15) is 61.9 Å². The number of fused-ring (bicyclic) bond motifs is 1. The third kappa shape index (κ3) is 6.50. The van der Waals surface area contributed by atoms with Crippen molar-refractivity contribution in [1.29, 1.82) is 0 Å². The van der Waals surface area contributed by atoms with Crippen LogP contribution >= 0.6 is 0 Å². The van der Waals surface area contributed by atoms with Crippen LogP contribution in [0.2, 0.25) is 0 Å². The van der Waals surface area contributed by atoms with Gasteiger partial charge in [0, 0.05) is 0 Å². The summed E-state index contributed by atoms with van der Waals surface area (Å²) in [6.45, 7) is 6.61. The predicted molar refractivity (Wildman–Crippen MR) is 220 cm³/mol. The molecule has 0 bridgehead atoms. The van der Waals surface area contributed by atoms with E-state index in [1.165, 1.54) is 44.5 Å². The average molecular weight is 754 g/mol. The van der Waals surface area contributed by atoms with Gasteiger partial charge in [-0.05, 0) is 0 Å². The number of pyridine rings is 1. The zero-order chi connectivity index (χ0) is 36.5. The second-order valence-corrected chi connectivity index (χ2v) is 14.7. The van der Waals surface area contributed by atoms with Gasteiger partial charge in [-0.2, -0.15) is 0 Å². The molecule has 0 spiro atoms. The normalized spacial score (nSPS) is 11.4. The Morgan fingerprint density at radius 1 is 0.528 bits per heavy atom. The number of nitrogens with zero attached hydrogens (tertiary/aromatic N) is 2. The van der Waals surface area contributed by atoms with E-state index >= 15 is 0 Å². The molecule has 0 N–H and O–H groups in total. The Morgan fingerprint density at radius 2 is 0.962 bits per heavy atom. The van der Waals surface area contributed by atoms with Crippen molar-refractivity contribution in [2.45, 2.75) is 32.6 Å². The molecule has 4 heteroatoms. The van der Waals surface area contributed by atoms with Crippen molar-refractivity contribution in [1.82, 2.24) is 8.97 Å². The molecular weight excluding hydrogens is 712 g/mol. The number of hydrogen-bond donors (Lipinski definition) is 0. The van der Waals surface area contributed by atoms with E-state index in [0.29, 0.717) is 0 Å². The first-order valence-corrected chi connectivity index (χ1v) is 19.0. The van der Waals surface area contributed by atoms with E-state index in [-0.39, 0.29) is 11.8 Å². The van der Waals surface area contributed by atoms with Crippen LogP contribution in [0.3, 0.4) is 0 Å². The summed E-state index contributed by atoms with van der Waals surface area (Å²) in [5.41, 5.74) is 15.6. The molecule has 0 amide bonds. The fourth-order valence-corrected chi connectivity index (χ4v) is 8.98. The summed E-state index contributed by atoms with van der Waals surface area (Å²) in [6.07, 6.45) is 2.29. The summed E-state index contributed by atoms with van der Waals surface area (Å²) in [5.74, 6) is 0.666. The second kappa shape index (κ2) is 14.8. The van der Waals surface area contributed by atoms with Crippen molar-refractivity contribution in [3.8, 4) is 22.7 Å². The van der Waals surface area contributed by atoms with Gasteiger partial charge < -0.3 is 0 Å². The van der Waals surface area contributed by atoms with Crippen LogP contribution in [0.5, 0.6) is 5.75 Å². The van der Waals surface area contributed by atoms with Crippen LogP contribution in [0, 0.1) is 25.1 Å². The van der Waals surface area contributed by atoms with Gasteiger partial charge in [-0.3, -0.25) is 0 Å². The summed E-state index contributed by atoms with van der Waals surface area (Å²) < 4.78 is 12.0. The van der Waals surface area contributed by atoms with Gasteiger partial charge in [0.1, 0.15) is 0 Å². The number of rotatable bonds is 9. The molecule has 0 radical (unpaired) electrons. The van der Waals surface area contributed by atoms with E-state index in [4.69, 9.17) is 4.74 Å². The molecule has 53 heavy (non-hydrogen) atoms. The number of methoxy groups -OCH3 is 1. The summed E-state index contributed by atoms with van der Waals surface area (Å²) in [4.78, 5) is 0. The van der Waals surface area contributed by atoms with E-state index in [1.54, 1.807) is 7.11 Å². The van der Waals surface area contributed by atoms with Crippen molar-refractivity contribution < 1.29 is 4.74 Å². The summed E-state index contributed by atoms with van der Waals surface area (Å²) in [5, 5.41) is 0. The Morgan fingerprint density at radius 3 is 1.38 bits per heavy atom. The van der Waals surface area contributed by atoms with E-state index in [1.807, 2.05) is 0 Å². The average Bonchev–Trinajstić information content (AvgIpc) is 3.52. The summed E-state index contributed by atoms with van der Waals surface area (Å²) >= 11 is 3.57. The molecule has 6 aromatic carbocycles. The monoisotopic (exact) mass is 754 g/mol. The van der Waals surface area contributed by atoms with Crippen LogP contribution < -0.4 is 4.74 Å². The topological polar surface area (TPSA) is 18.6 Å². The molecule has 8 rings (SSSR count). The van der Waals surface area contributed by atoms with Gasteiger partial charge in [0.25, 0.3) is 0 Å². The molecule has 0 aliphatic rings. The maximum atomic E-state index is 6.21. The molecule has 3 nitrogen and oxygen atoms in total. The predicted octanol–water partition coefficient (Wildman–Crippen LogP) is 11.4. The Balaban J connectivity index is 1.52. The molecule has 0 atom stereocenters.